The molecule has 1 saturated carbocycles. The van der Waals surface area contributed by atoms with E-state index in [2.05, 4.69) is 12.2 Å². The van der Waals surface area contributed by atoms with E-state index < -0.39 is 0 Å². The van der Waals surface area contributed by atoms with Gasteiger partial charge in [-0.2, -0.15) is 0 Å². The van der Waals surface area contributed by atoms with Crippen molar-refractivity contribution < 1.29 is 4.39 Å². The molecule has 0 saturated heterocycles. The Morgan fingerprint density at radius 1 is 1.35 bits per heavy atom. The van der Waals surface area contributed by atoms with E-state index in [4.69, 9.17) is 5.73 Å². The summed E-state index contributed by atoms with van der Waals surface area (Å²) in [5, 5.41) is 3.38. The molecule has 0 heterocycles. The molecule has 3 N–H and O–H groups in total. The molecule has 0 aromatic heterocycles. The van der Waals surface area contributed by atoms with Gasteiger partial charge in [-0.15, -0.1) is 0 Å². The number of nitrogen functional groups attached to an aromatic ring is 1. The largest absolute Gasteiger partial charge is 0.397 e. The number of halogens is 1. The third kappa shape index (κ3) is 2.71. The number of anilines is 2. The fourth-order valence-electron chi connectivity index (χ4n) is 2.76. The van der Waals surface area contributed by atoms with Gasteiger partial charge in [-0.05, 0) is 42.9 Å². The van der Waals surface area contributed by atoms with E-state index >= 15 is 0 Å². The molecule has 0 unspecified atom stereocenters. The highest BCUT2D eigenvalue weighted by atomic mass is 19.1. The van der Waals surface area contributed by atoms with Crippen molar-refractivity contribution >= 4 is 11.4 Å². The molecule has 94 valence electrons. The van der Waals surface area contributed by atoms with Gasteiger partial charge in [-0.1, -0.05) is 19.8 Å². The molecule has 0 aliphatic heterocycles. The van der Waals surface area contributed by atoms with Crippen molar-refractivity contribution in [1.82, 2.24) is 0 Å². The Hall–Kier alpha value is -1.25. The average molecular weight is 236 g/mol. The van der Waals surface area contributed by atoms with E-state index in [1.165, 1.54) is 44.2 Å². The summed E-state index contributed by atoms with van der Waals surface area (Å²) >= 11 is 0. The smallest absolute Gasteiger partial charge is 0.125 e. The van der Waals surface area contributed by atoms with Crippen molar-refractivity contribution in [3.05, 3.63) is 24.0 Å². The minimum atomic E-state index is -0.279. The first kappa shape index (κ1) is 12.2. The molecule has 1 fully saturated rings. The van der Waals surface area contributed by atoms with Gasteiger partial charge in [0, 0.05) is 6.54 Å². The highest BCUT2D eigenvalue weighted by Crippen LogP contribution is 2.41. The highest BCUT2D eigenvalue weighted by Gasteiger charge is 2.31. The van der Waals surface area contributed by atoms with Crippen LogP contribution < -0.4 is 11.1 Å². The highest BCUT2D eigenvalue weighted by molar-refractivity contribution is 5.65. The van der Waals surface area contributed by atoms with Crippen LogP contribution in [0.3, 0.4) is 0 Å². The second-order valence-corrected chi connectivity index (χ2v) is 5.15. The molecule has 0 radical (unpaired) electrons. The SMILES string of the molecule is CCC1(CNc2ccc(F)cc2N)CCCC1. The lowest BCUT2D eigenvalue weighted by Gasteiger charge is -2.28. The van der Waals surface area contributed by atoms with E-state index in [0.717, 1.165) is 12.2 Å². The fraction of sp³-hybridized carbons (Fsp3) is 0.571. The molecule has 1 aromatic rings. The van der Waals surface area contributed by atoms with Crippen LogP contribution in [0.15, 0.2) is 18.2 Å². The molecule has 0 bridgehead atoms. The summed E-state index contributed by atoms with van der Waals surface area (Å²) in [4.78, 5) is 0. The summed E-state index contributed by atoms with van der Waals surface area (Å²) in [5.74, 6) is -0.279. The van der Waals surface area contributed by atoms with Crippen molar-refractivity contribution in [2.45, 2.75) is 39.0 Å². The van der Waals surface area contributed by atoms with Crippen LogP contribution in [0.1, 0.15) is 39.0 Å². The van der Waals surface area contributed by atoms with E-state index in [1.54, 1.807) is 6.07 Å². The van der Waals surface area contributed by atoms with Crippen LogP contribution in [0.5, 0.6) is 0 Å². The van der Waals surface area contributed by atoms with Crippen LogP contribution in [-0.4, -0.2) is 6.54 Å². The fourth-order valence-corrected chi connectivity index (χ4v) is 2.76. The second kappa shape index (κ2) is 4.94. The molecule has 2 nitrogen and oxygen atoms in total. The number of benzene rings is 1. The number of rotatable bonds is 4. The summed E-state index contributed by atoms with van der Waals surface area (Å²) < 4.78 is 12.9. The number of hydrogen-bond acceptors (Lipinski definition) is 2. The minimum absolute atomic E-state index is 0.279. The summed E-state index contributed by atoms with van der Waals surface area (Å²) in [5.41, 5.74) is 7.55. The molecule has 0 amide bonds. The first-order chi connectivity index (χ1) is 8.15. The Bertz CT molecular complexity index is 384. The molecule has 17 heavy (non-hydrogen) atoms. The quantitative estimate of drug-likeness (QED) is 0.780. The lowest BCUT2D eigenvalue weighted by molar-refractivity contribution is 0.307. The van der Waals surface area contributed by atoms with Gasteiger partial charge in [-0.3, -0.25) is 0 Å². The molecule has 0 spiro atoms. The lowest BCUT2D eigenvalue weighted by atomic mass is 9.83. The molecule has 1 aliphatic carbocycles. The van der Waals surface area contributed by atoms with E-state index in [1.807, 2.05) is 0 Å². The van der Waals surface area contributed by atoms with Crippen LogP contribution in [0.4, 0.5) is 15.8 Å². The van der Waals surface area contributed by atoms with Crippen molar-refractivity contribution in [2.75, 3.05) is 17.6 Å². The van der Waals surface area contributed by atoms with E-state index in [0.29, 0.717) is 11.1 Å². The van der Waals surface area contributed by atoms with Gasteiger partial charge in [0.25, 0.3) is 0 Å². The van der Waals surface area contributed by atoms with Crippen LogP contribution in [0.25, 0.3) is 0 Å². The maximum absolute atomic E-state index is 12.9. The zero-order valence-electron chi connectivity index (χ0n) is 10.4. The Morgan fingerprint density at radius 3 is 2.65 bits per heavy atom. The first-order valence-corrected chi connectivity index (χ1v) is 6.44. The van der Waals surface area contributed by atoms with Gasteiger partial charge in [-0.25, -0.2) is 4.39 Å². The monoisotopic (exact) mass is 236 g/mol. The zero-order chi connectivity index (χ0) is 12.3. The van der Waals surface area contributed by atoms with Crippen LogP contribution in [0.2, 0.25) is 0 Å². The molecular formula is C14H21FN2. The summed E-state index contributed by atoms with van der Waals surface area (Å²) in [6, 6.07) is 4.55. The van der Waals surface area contributed by atoms with Crippen molar-refractivity contribution in [3.63, 3.8) is 0 Å². The predicted octanol–water partition coefficient (Wildman–Crippen LogP) is 3.79. The molecule has 0 atom stereocenters. The maximum Gasteiger partial charge on any atom is 0.125 e. The van der Waals surface area contributed by atoms with E-state index in [-0.39, 0.29) is 5.82 Å². The van der Waals surface area contributed by atoms with Gasteiger partial charge < -0.3 is 11.1 Å². The summed E-state index contributed by atoms with van der Waals surface area (Å²) in [6.07, 6.45) is 6.43. The third-order valence-corrected chi connectivity index (χ3v) is 4.08. The summed E-state index contributed by atoms with van der Waals surface area (Å²) in [7, 11) is 0. The first-order valence-electron chi connectivity index (χ1n) is 6.44. The average Bonchev–Trinajstić information content (AvgIpc) is 2.77. The van der Waals surface area contributed by atoms with Crippen molar-refractivity contribution in [3.8, 4) is 0 Å². The van der Waals surface area contributed by atoms with Crippen LogP contribution in [-0.2, 0) is 0 Å². The Morgan fingerprint density at radius 2 is 2.06 bits per heavy atom. The van der Waals surface area contributed by atoms with E-state index in [9.17, 15) is 4.39 Å². The number of hydrogen-bond donors (Lipinski definition) is 2. The number of nitrogens with one attached hydrogen (secondary N) is 1. The maximum atomic E-state index is 12.9. The van der Waals surface area contributed by atoms with Crippen molar-refractivity contribution in [1.29, 1.82) is 0 Å². The topological polar surface area (TPSA) is 38.0 Å². The van der Waals surface area contributed by atoms with Gasteiger partial charge >= 0.3 is 0 Å². The third-order valence-electron chi connectivity index (χ3n) is 4.08. The lowest BCUT2D eigenvalue weighted by Crippen LogP contribution is -2.26. The number of nitrogens with two attached hydrogens (primary N) is 1. The van der Waals surface area contributed by atoms with Crippen LogP contribution >= 0.6 is 0 Å². The molecular weight excluding hydrogens is 215 g/mol. The zero-order valence-corrected chi connectivity index (χ0v) is 10.4. The standard InChI is InChI=1S/C14H21FN2/c1-2-14(7-3-4-8-14)10-17-13-6-5-11(15)9-12(13)16/h5-6,9,17H,2-4,7-8,10,16H2,1H3. The molecule has 3 heteroatoms. The van der Waals surface area contributed by atoms with Gasteiger partial charge in [0.1, 0.15) is 5.82 Å². The summed E-state index contributed by atoms with van der Waals surface area (Å²) in [6.45, 7) is 3.19. The van der Waals surface area contributed by atoms with Crippen molar-refractivity contribution in [2.24, 2.45) is 5.41 Å². The predicted molar refractivity (Wildman–Crippen MR) is 70.5 cm³/mol. The Labute approximate surface area is 102 Å². The van der Waals surface area contributed by atoms with Gasteiger partial charge in [0.05, 0.1) is 11.4 Å². The molecule has 2 rings (SSSR count). The van der Waals surface area contributed by atoms with Crippen LogP contribution in [0, 0.1) is 11.2 Å². The Balaban J connectivity index is 2.01. The Kier molecular flexibility index (Phi) is 3.55. The minimum Gasteiger partial charge on any atom is -0.397 e. The van der Waals surface area contributed by atoms with Gasteiger partial charge in [0.2, 0.25) is 0 Å². The molecule has 1 aliphatic rings. The molecule has 1 aromatic carbocycles. The van der Waals surface area contributed by atoms with Gasteiger partial charge in [0.15, 0.2) is 0 Å². The second-order valence-electron chi connectivity index (χ2n) is 5.15. The normalized spacial score (nSPS) is 18.2.